The molecule has 0 bridgehead atoms. The van der Waals surface area contributed by atoms with Crippen molar-refractivity contribution in [2.24, 2.45) is 0 Å². The van der Waals surface area contributed by atoms with E-state index in [0.29, 0.717) is 25.2 Å². The summed E-state index contributed by atoms with van der Waals surface area (Å²) >= 11 is 3.36. The average molecular weight is 330 g/mol. The van der Waals surface area contributed by atoms with Gasteiger partial charge in [-0.05, 0) is 31.5 Å². The molecule has 0 heterocycles. The maximum absolute atomic E-state index is 11.4. The van der Waals surface area contributed by atoms with Crippen LogP contribution in [-0.4, -0.2) is 36.6 Å². The van der Waals surface area contributed by atoms with Gasteiger partial charge in [-0.3, -0.25) is 4.79 Å². The molecule has 1 rings (SSSR count). The van der Waals surface area contributed by atoms with Crippen LogP contribution in [0.5, 0.6) is 5.75 Å². The Morgan fingerprint density at radius 1 is 1.47 bits per heavy atom. The van der Waals surface area contributed by atoms with Crippen molar-refractivity contribution in [1.82, 2.24) is 4.90 Å². The molecular weight excluding hydrogens is 310 g/mol. The molecule has 0 aliphatic rings. The zero-order valence-electron chi connectivity index (χ0n) is 11.5. The first-order chi connectivity index (χ1) is 8.91. The lowest BCUT2D eigenvalue weighted by atomic mass is 10.1. The van der Waals surface area contributed by atoms with Gasteiger partial charge in [0.2, 0.25) is 5.91 Å². The Bertz CT molecular complexity index is 433. The lowest BCUT2D eigenvalue weighted by molar-refractivity contribution is -0.128. The third kappa shape index (κ3) is 5.20. The first kappa shape index (κ1) is 16.0. The van der Waals surface area contributed by atoms with Gasteiger partial charge in [0, 0.05) is 30.6 Å². The molecule has 1 aromatic rings. The van der Waals surface area contributed by atoms with E-state index in [9.17, 15) is 9.90 Å². The first-order valence-electron chi connectivity index (χ1n) is 6.22. The SMILES string of the molecule is C[C@H](O)c1cc(Br)ccc1OCCCC(=O)N(C)C. The van der Waals surface area contributed by atoms with Crippen molar-refractivity contribution in [3.05, 3.63) is 28.2 Å². The first-order valence-corrected chi connectivity index (χ1v) is 7.01. The fourth-order valence-electron chi connectivity index (χ4n) is 1.61. The number of amides is 1. The average Bonchev–Trinajstić information content (AvgIpc) is 2.35. The molecule has 0 spiro atoms. The third-order valence-corrected chi connectivity index (χ3v) is 3.21. The van der Waals surface area contributed by atoms with Gasteiger partial charge in [-0.2, -0.15) is 0 Å². The largest absolute Gasteiger partial charge is 0.493 e. The Kier molecular flexibility index (Phi) is 6.31. The smallest absolute Gasteiger partial charge is 0.222 e. The van der Waals surface area contributed by atoms with Gasteiger partial charge in [-0.25, -0.2) is 0 Å². The molecule has 4 nitrogen and oxygen atoms in total. The molecule has 0 unspecified atom stereocenters. The van der Waals surface area contributed by atoms with E-state index in [1.807, 2.05) is 18.2 Å². The number of hydrogen-bond donors (Lipinski definition) is 1. The summed E-state index contributed by atoms with van der Waals surface area (Å²) in [6.07, 6.45) is 0.538. The van der Waals surface area contributed by atoms with Gasteiger partial charge in [-0.15, -0.1) is 0 Å². The summed E-state index contributed by atoms with van der Waals surface area (Å²) in [5.74, 6) is 0.755. The molecule has 0 aliphatic heterocycles. The molecule has 1 amide bonds. The lowest BCUT2D eigenvalue weighted by Crippen LogP contribution is -2.21. The maximum Gasteiger partial charge on any atom is 0.222 e. The quantitative estimate of drug-likeness (QED) is 0.816. The molecule has 0 radical (unpaired) electrons. The summed E-state index contributed by atoms with van der Waals surface area (Å²) in [5, 5.41) is 9.68. The highest BCUT2D eigenvalue weighted by Crippen LogP contribution is 2.28. The summed E-state index contributed by atoms with van der Waals surface area (Å²) in [5.41, 5.74) is 0.744. The van der Waals surface area contributed by atoms with E-state index in [1.54, 1.807) is 25.9 Å². The second kappa shape index (κ2) is 7.50. The Labute approximate surface area is 122 Å². The number of benzene rings is 1. The molecule has 19 heavy (non-hydrogen) atoms. The van der Waals surface area contributed by atoms with E-state index < -0.39 is 6.10 Å². The minimum Gasteiger partial charge on any atom is -0.493 e. The molecular formula is C14H20BrNO3. The number of halogens is 1. The molecule has 0 saturated carbocycles. The molecule has 1 atom stereocenters. The number of carbonyl (C=O) groups excluding carboxylic acids is 1. The van der Waals surface area contributed by atoms with Crippen molar-refractivity contribution in [2.45, 2.75) is 25.9 Å². The number of aliphatic hydroxyl groups is 1. The summed E-state index contributed by atoms with van der Waals surface area (Å²) < 4.78 is 6.53. The molecule has 106 valence electrons. The van der Waals surface area contributed by atoms with Crippen LogP contribution in [0.15, 0.2) is 22.7 Å². The Hall–Kier alpha value is -1.07. The number of ether oxygens (including phenoxy) is 1. The van der Waals surface area contributed by atoms with Crippen LogP contribution >= 0.6 is 15.9 Å². The highest BCUT2D eigenvalue weighted by molar-refractivity contribution is 9.10. The topological polar surface area (TPSA) is 49.8 Å². The van der Waals surface area contributed by atoms with Gasteiger partial charge in [0.1, 0.15) is 5.75 Å². The predicted octanol–water partition coefficient (Wildman–Crippen LogP) is 2.75. The third-order valence-electron chi connectivity index (χ3n) is 2.71. The maximum atomic E-state index is 11.4. The number of nitrogens with zero attached hydrogens (tertiary/aromatic N) is 1. The minimum absolute atomic E-state index is 0.0927. The summed E-state index contributed by atoms with van der Waals surface area (Å²) in [6.45, 7) is 2.16. The van der Waals surface area contributed by atoms with Gasteiger partial charge in [0.05, 0.1) is 12.7 Å². The summed E-state index contributed by atoms with van der Waals surface area (Å²) in [4.78, 5) is 13.0. The van der Waals surface area contributed by atoms with Crippen molar-refractivity contribution < 1.29 is 14.6 Å². The second-order valence-corrected chi connectivity index (χ2v) is 5.51. The molecule has 1 aromatic carbocycles. The van der Waals surface area contributed by atoms with Crippen molar-refractivity contribution >= 4 is 21.8 Å². The van der Waals surface area contributed by atoms with Crippen LogP contribution in [0.25, 0.3) is 0 Å². The van der Waals surface area contributed by atoms with Gasteiger partial charge >= 0.3 is 0 Å². The van der Waals surface area contributed by atoms with Crippen molar-refractivity contribution in [3.63, 3.8) is 0 Å². The Morgan fingerprint density at radius 2 is 2.16 bits per heavy atom. The van der Waals surface area contributed by atoms with Gasteiger partial charge in [-0.1, -0.05) is 15.9 Å². The van der Waals surface area contributed by atoms with Crippen LogP contribution in [0, 0.1) is 0 Å². The van der Waals surface area contributed by atoms with E-state index in [-0.39, 0.29) is 5.91 Å². The van der Waals surface area contributed by atoms with Crippen molar-refractivity contribution in [2.75, 3.05) is 20.7 Å². The van der Waals surface area contributed by atoms with E-state index in [0.717, 1.165) is 10.0 Å². The van der Waals surface area contributed by atoms with Crippen LogP contribution in [0.1, 0.15) is 31.4 Å². The van der Waals surface area contributed by atoms with Gasteiger partial charge in [0.15, 0.2) is 0 Å². The Morgan fingerprint density at radius 3 is 2.74 bits per heavy atom. The monoisotopic (exact) mass is 329 g/mol. The molecule has 1 N–H and O–H groups in total. The van der Waals surface area contributed by atoms with E-state index in [2.05, 4.69) is 15.9 Å². The van der Waals surface area contributed by atoms with Gasteiger partial charge < -0.3 is 14.7 Å². The Balaban J connectivity index is 2.52. The van der Waals surface area contributed by atoms with Crippen LogP contribution in [0.2, 0.25) is 0 Å². The van der Waals surface area contributed by atoms with Crippen LogP contribution < -0.4 is 4.74 Å². The highest BCUT2D eigenvalue weighted by atomic mass is 79.9. The predicted molar refractivity (Wildman–Crippen MR) is 78.2 cm³/mol. The van der Waals surface area contributed by atoms with Crippen LogP contribution in [-0.2, 0) is 4.79 Å². The standard InChI is InChI=1S/C14H20BrNO3/c1-10(17)12-9-11(15)6-7-13(12)19-8-4-5-14(18)16(2)3/h6-7,9-10,17H,4-5,8H2,1-3H3/t10-/m0/s1. The molecule has 0 aromatic heterocycles. The van der Waals surface area contributed by atoms with Gasteiger partial charge in [0.25, 0.3) is 0 Å². The summed E-state index contributed by atoms with van der Waals surface area (Å²) in [7, 11) is 3.48. The van der Waals surface area contributed by atoms with Crippen molar-refractivity contribution in [1.29, 1.82) is 0 Å². The fourth-order valence-corrected chi connectivity index (χ4v) is 1.99. The second-order valence-electron chi connectivity index (χ2n) is 4.60. The molecule has 0 fully saturated rings. The number of aliphatic hydroxyl groups excluding tert-OH is 1. The minimum atomic E-state index is -0.587. The summed E-state index contributed by atoms with van der Waals surface area (Å²) in [6, 6.07) is 5.52. The number of carbonyl (C=O) groups is 1. The zero-order valence-corrected chi connectivity index (χ0v) is 13.1. The zero-order chi connectivity index (χ0) is 14.4. The van der Waals surface area contributed by atoms with E-state index in [4.69, 9.17) is 4.74 Å². The number of hydrogen-bond acceptors (Lipinski definition) is 3. The van der Waals surface area contributed by atoms with Crippen LogP contribution in [0.4, 0.5) is 0 Å². The van der Waals surface area contributed by atoms with E-state index >= 15 is 0 Å². The number of rotatable bonds is 6. The molecule has 5 heteroatoms. The van der Waals surface area contributed by atoms with E-state index in [1.165, 1.54) is 0 Å². The van der Waals surface area contributed by atoms with Crippen molar-refractivity contribution in [3.8, 4) is 5.75 Å². The molecule has 0 aliphatic carbocycles. The lowest BCUT2D eigenvalue weighted by Gasteiger charge is -2.14. The highest BCUT2D eigenvalue weighted by Gasteiger charge is 2.10. The normalized spacial score (nSPS) is 12.1. The fraction of sp³-hybridized carbons (Fsp3) is 0.500. The molecule has 0 saturated heterocycles. The van der Waals surface area contributed by atoms with Crippen LogP contribution in [0.3, 0.4) is 0 Å².